The molecule has 0 aromatic carbocycles. The third kappa shape index (κ3) is 4.94. The molecule has 0 saturated heterocycles. The number of aromatic amines is 1. The summed E-state index contributed by atoms with van der Waals surface area (Å²) in [5.74, 6) is -1.06. The Bertz CT molecular complexity index is 592. The van der Waals surface area contributed by atoms with E-state index in [-0.39, 0.29) is 17.9 Å². The summed E-state index contributed by atoms with van der Waals surface area (Å²) in [4.78, 5) is 41.6. The van der Waals surface area contributed by atoms with Crippen LogP contribution in [0.3, 0.4) is 0 Å². The highest BCUT2D eigenvalue weighted by atomic mass is 16.6. The zero-order valence-electron chi connectivity index (χ0n) is 13.7. The maximum Gasteiger partial charge on any atom is 0.410 e. The summed E-state index contributed by atoms with van der Waals surface area (Å²) < 4.78 is 9.86. The molecular weight excluding hydrogens is 308 g/mol. The second-order valence-electron chi connectivity index (χ2n) is 5.79. The van der Waals surface area contributed by atoms with Crippen LogP contribution in [0, 0.1) is 10.1 Å². The predicted octanol–water partition coefficient (Wildman–Crippen LogP) is 1.27. The lowest BCUT2D eigenvalue weighted by molar-refractivity contribution is -0.390. The Labute approximate surface area is 132 Å². The van der Waals surface area contributed by atoms with Gasteiger partial charge in [0.2, 0.25) is 0 Å². The number of carbonyl (C=O) groups excluding carboxylic acids is 2. The second kappa shape index (κ2) is 7.07. The number of imidazole rings is 1. The number of ether oxygens (including phenoxy) is 2. The fourth-order valence-electron chi connectivity index (χ4n) is 1.78. The number of H-pyrrole nitrogens is 1. The van der Waals surface area contributed by atoms with Gasteiger partial charge in [-0.2, -0.15) is 0 Å². The van der Waals surface area contributed by atoms with Gasteiger partial charge in [-0.15, -0.1) is 0 Å². The number of hydrogen-bond acceptors (Lipinski definition) is 7. The van der Waals surface area contributed by atoms with Crippen molar-refractivity contribution in [2.75, 3.05) is 14.2 Å². The number of methoxy groups -OCH3 is 1. The van der Waals surface area contributed by atoms with E-state index in [0.717, 1.165) is 18.3 Å². The van der Waals surface area contributed by atoms with E-state index >= 15 is 0 Å². The zero-order chi connectivity index (χ0) is 17.8. The Morgan fingerprint density at radius 3 is 2.57 bits per heavy atom. The molecule has 1 unspecified atom stereocenters. The van der Waals surface area contributed by atoms with Gasteiger partial charge in [0.15, 0.2) is 6.33 Å². The van der Waals surface area contributed by atoms with Gasteiger partial charge >= 0.3 is 17.9 Å². The molecule has 0 radical (unpaired) electrons. The Hall–Kier alpha value is -2.65. The van der Waals surface area contributed by atoms with Gasteiger partial charge < -0.3 is 19.6 Å². The van der Waals surface area contributed by atoms with Crippen LogP contribution in [0.5, 0.6) is 0 Å². The van der Waals surface area contributed by atoms with E-state index < -0.39 is 28.6 Å². The number of likely N-dealkylation sites (N-methyl/N-ethyl adjacent to an activating group) is 1. The molecule has 10 heteroatoms. The normalized spacial score (nSPS) is 12.4. The van der Waals surface area contributed by atoms with E-state index in [1.165, 1.54) is 7.05 Å². The van der Waals surface area contributed by atoms with Crippen LogP contribution in [-0.4, -0.2) is 57.7 Å². The van der Waals surface area contributed by atoms with E-state index in [0.29, 0.717) is 0 Å². The molecule has 1 aromatic rings. The molecule has 0 saturated carbocycles. The number of aromatic nitrogens is 2. The summed E-state index contributed by atoms with van der Waals surface area (Å²) in [5.41, 5.74) is -0.703. The number of nitro groups is 1. The molecule has 0 aliphatic heterocycles. The minimum Gasteiger partial charge on any atom is -0.467 e. The summed E-state index contributed by atoms with van der Waals surface area (Å²) in [6.45, 7) is 5.05. The highest BCUT2D eigenvalue weighted by Crippen LogP contribution is 2.18. The quantitative estimate of drug-likeness (QED) is 0.489. The molecule has 1 N–H and O–H groups in total. The van der Waals surface area contributed by atoms with Crippen LogP contribution >= 0.6 is 0 Å². The molecule has 1 aromatic heterocycles. The predicted molar refractivity (Wildman–Crippen MR) is 78.7 cm³/mol. The molecule has 128 valence electrons. The van der Waals surface area contributed by atoms with Crippen molar-refractivity contribution in [2.24, 2.45) is 0 Å². The Balaban J connectivity index is 3.01. The van der Waals surface area contributed by atoms with Crippen molar-refractivity contribution in [3.8, 4) is 0 Å². The molecule has 23 heavy (non-hydrogen) atoms. The van der Waals surface area contributed by atoms with Crippen molar-refractivity contribution in [3.05, 3.63) is 22.1 Å². The van der Waals surface area contributed by atoms with Crippen LogP contribution in [0.15, 0.2) is 6.33 Å². The van der Waals surface area contributed by atoms with Crippen LogP contribution in [0.25, 0.3) is 0 Å². The van der Waals surface area contributed by atoms with Crippen LogP contribution < -0.4 is 0 Å². The van der Waals surface area contributed by atoms with Crippen molar-refractivity contribution in [3.63, 3.8) is 0 Å². The van der Waals surface area contributed by atoms with Crippen molar-refractivity contribution >= 4 is 17.9 Å². The Morgan fingerprint density at radius 2 is 2.09 bits per heavy atom. The highest BCUT2D eigenvalue weighted by molar-refractivity contribution is 5.81. The molecule has 0 aliphatic rings. The molecule has 0 fully saturated rings. The molecule has 1 heterocycles. The van der Waals surface area contributed by atoms with Crippen LogP contribution in [0.4, 0.5) is 10.6 Å². The SMILES string of the molecule is COC(=O)C(Cc1nc[nH]c1[N+](=O)[O-])N(C)C(=O)OC(C)(C)C. The number of carbonyl (C=O) groups is 2. The Kier molecular flexibility index (Phi) is 5.66. The minimum absolute atomic E-state index is 0.0424. The topological polar surface area (TPSA) is 128 Å². The van der Waals surface area contributed by atoms with Gasteiger partial charge in [-0.25, -0.2) is 19.6 Å². The van der Waals surface area contributed by atoms with E-state index in [1.807, 2.05) is 0 Å². The number of hydrogen-bond donors (Lipinski definition) is 1. The molecule has 0 aliphatic carbocycles. The van der Waals surface area contributed by atoms with E-state index in [2.05, 4.69) is 14.7 Å². The summed E-state index contributed by atoms with van der Waals surface area (Å²) in [5, 5.41) is 10.9. The summed E-state index contributed by atoms with van der Waals surface area (Å²) >= 11 is 0. The molecule has 1 atom stereocenters. The average Bonchev–Trinajstić information content (AvgIpc) is 2.89. The first-order valence-corrected chi connectivity index (χ1v) is 6.77. The molecular formula is C13H20N4O6. The molecule has 0 bridgehead atoms. The molecule has 1 rings (SSSR count). The summed E-state index contributed by atoms with van der Waals surface area (Å²) in [6.07, 6.45) is 0.225. The minimum atomic E-state index is -1.10. The van der Waals surface area contributed by atoms with E-state index in [1.54, 1.807) is 20.8 Å². The fourth-order valence-corrected chi connectivity index (χ4v) is 1.78. The number of nitrogens with zero attached hydrogens (tertiary/aromatic N) is 3. The van der Waals surface area contributed by atoms with Gasteiger partial charge in [-0.1, -0.05) is 0 Å². The van der Waals surface area contributed by atoms with Gasteiger partial charge in [0.1, 0.15) is 17.3 Å². The third-order valence-corrected chi connectivity index (χ3v) is 2.89. The lowest BCUT2D eigenvalue weighted by Crippen LogP contribution is -2.46. The maximum absolute atomic E-state index is 12.1. The van der Waals surface area contributed by atoms with Crippen LogP contribution in [-0.2, 0) is 20.7 Å². The first kappa shape index (κ1) is 18.4. The maximum atomic E-state index is 12.1. The van der Waals surface area contributed by atoms with E-state index in [4.69, 9.17) is 4.74 Å². The van der Waals surface area contributed by atoms with Gasteiger partial charge in [0.05, 0.1) is 7.11 Å². The summed E-state index contributed by atoms with van der Waals surface area (Å²) in [7, 11) is 2.52. The van der Waals surface area contributed by atoms with Crippen LogP contribution in [0.2, 0.25) is 0 Å². The third-order valence-electron chi connectivity index (χ3n) is 2.89. The number of nitrogens with one attached hydrogen (secondary N) is 1. The number of amides is 1. The fraction of sp³-hybridized carbons (Fsp3) is 0.615. The lowest BCUT2D eigenvalue weighted by Gasteiger charge is -2.28. The Morgan fingerprint density at radius 1 is 1.48 bits per heavy atom. The van der Waals surface area contributed by atoms with Gasteiger partial charge in [-0.3, -0.25) is 4.90 Å². The highest BCUT2D eigenvalue weighted by Gasteiger charge is 2.33. The van der Waals surface area contributed by atoms with Crippen molar-refractivity contribution in [2.45, 2.75) is 38.8 Å². The smallest absolute Gasteiger partial charge is 0.410 e. The molecule has 10 nitrogen and oxygen atoms in total. The van der Waals surface area contributed by atoms with Crippen molar-refractivity contribution in [1.29, 1.82) is 0 Å². The lowest BCUT2D eigenvalue weighted by atomic mass is 10.1. The van der Waals surface area contributed by atoms with E-state index in [9.17, 15) is 19.7 Å². The van der Waals surface area contributed by atoms with Gasteiger partial charge in [-0.05, 0) is 25.7 Å². The first-order chi connectivity index (χ1) is 10.6. The molecule has 1 amide bonds. The van der Waals surface area contributed by atoms with Crippen LogP contribution in [0.1, 0.15) is 26.5 Å². The largest absolute Gasteiger partial charge is 0.467 e. The van der Waals surface area contributed by atoms with Gasteiger partial charge in [0.25, 0.3) is 0 Å². The second-order valence-corrected chi connectivity index (χ2v) is 5.79. The standard InChI is InChI=1S/C13H20N4O6/c1-13(2,3)23-12(19)16(4)9(11(18)22-5)6-8-10(17(20)21)15-7-14-8/h7,9H,6H2,1-5H3,(H,14,15). The number of rotatable bonds is 5. The molecule has 0 spiro atoms. The van der Waals surface area contributed by atoms with Crippen molar-refractivity contribution < 1.29 is 24.0 Å². The van der Waals surface area contributed by atoms with Crippen molar-refractivity contribution in [1.82, 2.24) is 14.9 Å². The number of esters is 1. The monoisotopic (exact) mass is 328 g/mol. The first-order valence-electron chi connectivity index (χ1n) is 6.77. The average molecular weight is 328 g/mol. The zero-order valence-corrected chi connectivity index (χ0v) is 13.7. The summed E-state index contributed by atoms with van der Waals surface area (Å²) in [6, 6.07) is -1.10. The van der Waals surface area contributed by atoms with Gasteiger partial charge in [0, 0.05) is 13.5 Å².